The van der Waals surface area contributed by atoms with Crippen molar-refractivity contribution in [2.45, 2.75) is 25.9 Å². The van der Waals surface area contributed by atoms with Crippen LogP contribution in [0, 0.1) is 5.82 Å². The normalized spacial score (nSPS) is 11.8. The molecule has 0 aliphatic rings. The maximum absolute atomic E-state index is 13.0. The molecule has 1 atom stereocenters. The van der Waals surface area contributed by atoms with Crippen molar-refractivity contribution < 1.29 is 13.9 Å². The molecule has 1 aromatic heterocycles. The number of nitrogens with zero attached hydrogens (tertiary/aromatic N) is 2. The van der Waals surface area contributed by atoms with Crippen molar-refractivity contribution in [3.63, 3.8) is 0 Å². The number of carbonyl (C=O) groups is 1. The van der Waals surface area contributed by atoms with Crippen LogP contribution in [0.15, 0.2) is 53.0 Å². The predicted molar refractivity (Wildman–Crippen MR) is 107 cm³/mol. The van der Waals surface area contributed by atoms with Gasteiger partial charge >= 0.3 is 0 Å². The number of ether oxygens (including phenoxy) is 1. The van der Waals surface area contributed by atoms with E-state index < -0.39 is 6.10 Å². The summed E-state index contributed by atoms with van der Waals surface area (Å²) in [5.41, 5.74) is 1.10. The smallest absolute Gasteiger partial charge is 0.267 e. The van der Waals surface area contributed by atoms with Gasteiger partial charge in [-0.15, -0.1) is 10.2 Å². The molecule has 2 aromatic carbocycles. The van der Waals surface area contributed by atoms with Gasteiger partial charge in [-0.25, -0.2) is 4.39 Å². The number of amides is 1. The zero-order valence-electron chi connectivity index (χ0n) is 14.5. The van der Waals surface area contributed by atoms with Gasteiger partial charge in [0.1, 0.15) is 16.6 Å². The minimum absolute atomic E-state index is 0.313. The Balaban J connectivity index is 1.61. The van der Waals surface area contributed by atoms with E-state index in [2.05, 4.69) is 31.4 Å². The van der Waals surface area contributed by atoms with Crippen LogP contribution < -0.4 is 10.1 Å². The van der Waals surface area contributed by atoms with E-state index in [1.165, 1.54) is 35.6 Å². The SMILES string of the molecule is CCC(Oc1ccc(F)cc1)C(=O)Nc1nnc(Cc2cccc(Br)c2)s1. The van der Waals surface area contributed by atoms with Crippen LogP contribution in [0.3, 0.4) is 0 Å². The summed E-state index contributed by atoms with van der Waals surface area (Å²) in [6.07, 6.45) is 0.399. The molecule has 27 heavy (non-hydrogen) atoms. The highest BCUT2D eigenvalue weighted by Crippen LogP contribution is 2.21. The van der Waals surface area contributed by atoms with Gasteiger partial charge in [0.15, 0.2) is 6.10 Å². The Kier molecular flexibility index (Phi) is 6.52. The molecule has 8 heteroatoms. The number of nitrogens with one attached hydrogen (secondary N) is 1. The maximum Gasteiger partial charge on any atom is 0.267 e. The van der Waals surface area contributed by atoms with E-state index in [0.717, 1.165) is 15.0 Å². The quantitative estimate of drug-likeness (QED) is 0.560. The van der Waals surface area contributed by atoms with Gasteiger partial charge in [0.2, 0.25) is 5.13 Å². The molecule has 0 bridgehead atoms. The van der Waals surface area contributed by atoms with Crippen molar-refractivity contribution in [3.8, 4) is 5.75 Å². The molecule has 5 nitrogen and oxygen atoms in total. The summed E-state index contributed by atoms with van der Waals surface area (Å²) >= 11 is 4.77. The van der Waals surface area contributed by atoms with E-state index >= 15 is 0 Å². The summed E-state index contributed by atoms with van der Waals surface area (Å²) in [4.78, 5) is 12.4. The lowest BCUT2D eigenvalue weighted by atomic mass is 10.2. The number of carbonyl (C=O) groups excluding carboxylic acids is 1. The summed E-state index contributed by atoms with van der Waals surface area (Å²) in [5.74, 6) is -0.232. The van der Waals surface area contributed by atoms with E-state index in [1.54, 1.807) is 0 Å². The van der Waals surface area contributed by atoms with E-state index in [1.807, 2.05) is 31.2 Å². The number of hydrogen-bond donors (Lipinski definition) is 1. The number of anilines is 1. The van der Waals surface area contributed by atoms with E-state index in [9.17, 15) is 9.18 Å². The van der Waals surface area contributed by atoms with Crippen molar-refractivity contribution >= 4 is 38.3 Å². The molecule has 0 fully saturated rings. The van der Waals surface area contributed by atoms with Crippen LogP contribution in [-0.2, 0) is 11.2 Å². The second-order valence-corrected chi connectivity index (χ2v) is 7.74. The average Bonchev–Trinajstić information content (AvgIpc) is 3.08. The largest absolute Gasteiger partial charge is 0.481 e. The fourth-order valence-corrected chi connectivity index (χ4v) is 3.61. The maximum atomic E-state index is 13.0. The molecular weight excluding hydrogens is 433 g/mol. The highest BCUT2D eigenvalue weighted by Gasteiger charge is 2.20. The van der Waals surface area contributed by atoms with Crippen molar-refractivity contribution in [1.29, 1.82) is 0 Å². The minimum Gasteiger partial charge on any atom is -0.481 e. The molecule has 1 heterocycles. The predicted octanol–water partition coefficient (Wildman–Crippen LogP) is 4.83. The molecular formula is C19H17BrFN3O2S. The fourth-order valence-electron chi connectivity index (χ4n) is 2.38. The first-order valence-corrected chi connectivity index (χ1v) is 9.94. The highest BCUT2D eigenvalue weighted by atomic mass is 79.9. The Morgan fingerprint density at radius 3 is 2.74 bits per heavy atom. The molecule has 0 radical (unpaired) electrons. The molecule has 0 saturated heterocycles. The van der Waals surface area contributed by atoms with Crippen molar-refractivity contribution in [2.75, 3.05) is 5.32 Å². The Morgan fingerprint density at radius 2 is 2.04 bits per heavy atom. The standard InChI is InChI=1S/C19H17BrFN3O2S/c1-2-16(26-15-8-6-14(21)7-9-15)18(25)22-19-24-23-17(27-19)11-12-4-3-5-13(20)10-12/h3-10,16H,2,11H2,1H3,(H,22,24,25). The van der Waals surface area contributed by atoms with Gasteiger partial charge in [0.05, 0.1) is 0 Å². The van der Waals surface area contributed by atoms with Gasteiger partial charge < -0.3 is 4.74 Å². The lowest BCUT2D eigenvalue weighted by Gasteiger charge is -2.16. The number of hydrogen-bond acceptors (Lipinski definition) is 5. The zero-order valence-corrected chi connectivity index (χ0v) is 16.9. The lowest BCUT2D eigenvalue weighted by Crippen LogP contribution is -2.32. The fraction of sp³-hybridized carbons (Fsp3) is 0.211. The van der Waals surface area contributed by atoms with Crippen LogP contribution in [0.2, 0.25) is 0 Å². The van der Waals surface area contributed by atoms with Crippen LogP contribution in [0.5, 0.6) is 5.75 Å². The van der Waals surface area contributed by atoms with Gasteiger partial charge in [-0.1, -0.05) is 46.3 Å². The molecule has 3 rings (SSSR count). The van der Waals surface area contributed by atoms with Crippen LogP contribution in [-0.4, -0.2) is 22.2 Å². The molecule has 140 valence electrons. The van der Waals surface area contributed by atoms with E-state index in [-0.39, 0.29) is 11.7 Å². The number of aromatic nitrogens is 2. The first-order valence-electron chi connectivity index (χ1n) is 8.33. The van der Waals surface area contributed by atoms with Crippen LogP contribution in [0.25, 0.3) is 0 Å². The van der Waals surface area contributed by atoms with E-state index in [0.29, 0.717) is 23.7 Å². The Morgan fingerprint density at radius 1 is 1.26 bits per heavy atom. The molecule has 0 aliphatic carbocycles. The molecule has 0 saturated carbocycles. The second kappa shape index (κ2) is 9.05. The van der Waals surface area contributed by atoms with Gasteiger partial charge in [-0.2, -0.15) is 0 Å². The molecule has 1 unspecified atom stereocenters. The molecule has 1 amide bonds. The van der Waals surface area contributed by atoms with Gasteiger partial charge in [-0.3, -0.25) is 10.1 Å². The Labute approximate surface area is 168 Å². The first kappa shape index (κ1) is 19.4. The summed E-state index contributed by atoms with van der Waals surface area (Å²) in [6, 6.07) is 13.5. The van der Waals surface area contributed by atoms with Crippen molar-refractivity contribution in [2.24, 2.45) is 0 Å². The van der Waals surface area contributed by atoms with Gasteiger partial charge in [-0.05, 0) is 48.4 Å². The van der Waals surface area contributed by atoms with Crippen LogP contribution in [0.1, 0.15) is 23.9 Å². The monoisotopic (exact) mass is 449 g/mol. The van der Waals surface area contributed by atoms with Gasteiger partial charge in [0, 0.05) is 10.9 Å². The lowest BCUT2D eigenvalue weighted by molar-refractivity contribution is -0.122. The molecule has 0 aliphatic heterocycles. The first-order chi connectivity index (χ1) is 13.0. The highest BCUT2D eigenvalue weighted by molar-refractivity contribution is 9.10. The topological polar surface area (TPSA) is 64.1 Å². The summed E-state index contributed by atoms with van der Waals surface area (Å²) in [6.45, 7) is 1.84. The number of rotatable bonds is 7. The zero-order chi connectivity index (χ0) is 19.2. The molecule has 1 N–H and O–H groups in total. The average molecular weight is 450 g/mol. The number of halogens is 2. The second-order valence-electron chi connectivity index (χ2n) is 5.77. The third-order valence-electron chi connectivity index (χ3n) is 3.70. The third kappa shape index (κ3) is 5.58. The molecule has 3 aromatic rings. The van der Waals surface area contributed by atoms with Crippen LogP contribution in [0.4, 0.5) is 9.52 Å². The number of benzene rings is 2. The Bertz CT molecular complexity index is 917. The van der Waals surface area contributed by atoms with Gasteiger partial charge in [0.25, 0.3) is 5.91 Å². The van der Waals surface area contributed by atoms with E-state index in [4.69, 9.17) is 4.74 Å². The summed E-state index contributed by atoms with van der Waals surface area (Å²) in [5, 5.41) is 12.1. The summed E-state index contributed by atoms with van der Waals surface area (Å²) < 4.78 is 19.6. The van der Waals surface area contributed by atoms with Crippen LogP contribution >= 0.6 is 27.3 Å². The summed E-state index contributed by atoms with van der Waals surface area (Å²) in [7, 11) is 0. The molecule has 0 spiro atoms. The Hall–Kier alpha value is -2.32. The van der Waals surface area contributed by atoms with Crippen molar-refractivity contribution in [1.82, 2.24) is 10.2 Å². The van der Waals surface area contributed by atoms with Crippen molar-refractivity contribution in [3.05, 3.63) is 69.4 Å². The third-order valence-corrected chi connectivity index (χ3v) is 5.03. The minimum atomic E-state index is -0.701.